The van der Waals surface area contributed by atoms with Crippen LogP contribution in [0.4, 0.5) is 4.79 Å². The summed E-state index contributed by atoms with van der Waals surface area (Å²) in [6, 6.07) is 18.8. The maximum absolute atomic E-state index is 14.3. The van der Waals surface area contributed by atoms with E-state index in [9.17, 15) is 62.2 Å². The summed E-state index contributed by atoms with van der Waals surface area (Å²) < 4.78 is 59.6. The molecule has 1 fully saturated rings. The predicted molar refractivity (Wildman–Crippen MR) is 274 cm³/mol. The van der Waals surface area contributed by atoms with Crippen molar-refractivity contribution in [3.63, 3.8) is 0 Å². The van der Waals surface area contributed by atoms with Crippen LogP contribution >= 0.6 is 0 Å². The Bertz CT molecular complexity index is 2460. The number of sulfonamides is 1. The zero-order chi connectivity index (χ0) is 57.4. The highest BCUT2D eigenvalue weighted by atomic mass is 32.2. The number of carbonyl (C=O) groups excluding carboxylic acids is 6. The summed E-state index contributed by atoms with van der Waals surface area (Å²) in [5.74, 6) is -3.33. The number of benzene rings is 3. The average Bonchev–Trinajstić information content (AvgIpc) is 3.52. The monoisotopic (exact) mass is 1130 g/mol. The number of alkyl carbamates (subject to hydrolysis) is 1. The molecule has 0 aromatic heterocycles. The SMILES string of the molecule is COc1ccc(-c2ccc(S(=O)(=O)N(OCCOCCN3CCN(C(=O)CC[C@H](C(=O)O)N(CCN(COC=O)COC=O)CCN(COC=O)CC(=O)O)CC3)[C@H](CCNC(=O)OCc3ccccc3)C(=O)NO)cc2)cc1. The summed E-state index contributed by atoms with van der Waals surface area (Å²) >= 11 is 0. The lowest BCUT2D eigenvalue weighted by molar-refractivity contribution is -0.159. The van der Waals surface area contributed by atoms with E-state index in [-0.39, 0.29) is 129 Å². The Balaban J connectivity index is 1.34. The molecule has 0 saturated carbocycles. The smallest absolute Gasteiger partial charge is 0.407 e. The van der Waals surface area contributed by atoms with Crippen molar-refractivity contribution in [2.24, 2.45) is 0 Å². The summed E-state index contributed by atoms with van der Waals surface area (Å²) in [7, 11) is -3.11. The van der Waals surface area contributed by atoms with Gasteiger partial charge in [-0.15, -0.1) is 0 Å². The van der Waals surface area contributed by atoms with Crippen LogP contribution in [-0.4, -0.2) is 233 Å². The molecule has 1 saturated heterocycles. The molecule has 0 aliphatic carbocycles. The van der Waals surface area contributed by atoms with Gasteiger partial charge in [0.1, 0.15) is 44.6 Å². The Kier molecular flexibility index (Phi) is 28.6. The van der Waals surface area contributed by atoms with Crippen LogP contribution in [0.3, 0.4) is 0 Å². The molecule has 1 aliphatic heterocycles. The maximum atomic E-state index is 14.3. The number of amides is 3. The van der Waals surface area contributed by atoms with Crippen LogP contribution in [0.5, 0.6) is 5.75 Å². The Morgan fingerprint density at radius 2 is 1.32 bits per heavy atom. The summed E-state index contributed by atoms with van der Waals surface area (Å²) in [5, 5.41) is 31.9. The molecule has 3 amide bonds. The fourth-order valence-corrected chi connectivity index (χ4v) is 9.46. The van der Waals surface area contributed by atoms with Gasteiger partial charge in [-0.2, -0.15) is 0 Å². The molecule has 434 valence electrons. The molecule has 1 aliphatic rings. The molecule has 2 atom stereocenters. The van der Waals surface area contributed by atoms with E-state index in [0.29, 0.717) is 48.5 Å². The lowest BCUT2D eigenvalue weighted by Crippen LogP contribution is -2.51. The molecule has 3 aromatic rings. The lowest BCUT2D eigenvalue weighted by Gasteiger charge is -2.35. The second kappa shape index (κ2) is 35.2. The molecule has 3 aromatic carbocycles. The van der Waals surface area contributed by atoms with Crippen molar-refractivity contribution in [1.82, 2.24) is 39.8 Å². The van der Waals surface area contributed by atoms with Gasteiger partial charge in [0.05, 0.1) is 38.4 Å². The highest BCUT2D eigenvalue weighted by Crippen LogP contribution is 2.27. The van der Waals surface area contributed by atoms with Crippen molar-refractivity contribution >= 4 is 59.3 Å². The first-order chi connectivity index (χ1) is 38.1. The van der Waals surface area contributed by atoms with Crippen molar-refractivity contribution in [3.8, 4) is 16.9 Å². The van der Waals surface area contributed by atoms with Crippen molar-refractivity contribution < 1.29 is 95.5 Å². The van der Waals surface area contributed by atoms with E-state index >= 15 is 0 Å². The van der Waals surface area contributed by atoms with Gasteiger partial charge in [0.2, 0.25) is 5.91 Å². The van der Waals surface area contributed by atoms with E-state index in [2.05, 4.69) is 5.32 Å². The standard InChI is InChI=1S/C50H68N8O20S/c1-72-42-11-7-40(8-12-42)41-9-13-43(14-10-41)79(70,71)58(44(48(65)52-69)17-18-51-50(68)77-32-39-5-3-2-4-6-39)78-30-29-73-28-27-53-19-25-57(26-20-53)46(62)16-15-45(49(66)67)56(23-21-54(31-47(63)64)33-74-36-59)24-22-55(34-75-37-60)35-76-38-61/h2-14,36-38,44-45,69H,15-35H2,1H3,(H,51,68)(H,52,65)(H,63,64)(H,66,67)/t44-,45-/m1/s1. The number of hydroxylamine groups is 2. The number of ether oxygens (including phenoxy) is 6. The van der Waals surface area contributed by atoms with E-state index in [0.717, 1.165) is 11.1 Å². The first-order valence-corrected chi connectivity index (χ1v) is 26.2. The second-order valence-electron chi connectivity index (χ2n) is 17.4. The number of hydrogen-bond acceptors (Lipinski definition) is 22. The van der Waals surface area contributed by atoms with Crippen LogP contribution in [-0.2, 0) is 78.7 Å². The van der Waals surface area contributed by atoms with Crippen LogP contribution in [0, 0.1) is 0 Å². The van der Waals surface area contributed by atoms with Crippen molar-refractivity contribution in [2.75, 3.05) is 119 Å². The molecule has 5 N–H and O–H groups in total. The van der Waals surface area contributed by atoms with Crippen LogP contribution < -0.4 is 15.5 Å². The minimum absolute atomic E-state index is 0.0170. The summed E-state index contributed by atoms with van der Waals surface area (Å²) in [6.07, 6.45) is -1.51. The maximum Gasteiger partial charge on any atom is 0.407 e. The van der Waals surface area contributed by atoms with Gasteiger partial charge in [0, 0.05) is 71.9 Å². The summed E-state index contributed by atoms with van der Waals surface area (Å²) in [5.41, 5.74) is 3.66. The first kappa shape index (κ1) is 64.2. The minimum Gasteiger partial charge on any atom is -0.497 e. The Hall–Kier alpha value is -7.35. The van der Waals surface area contributed by atoms with Gasteiger partial charge >= 0.3 is 18.0 Å². The molecule has 0 spiro atoms. The van der Waals surface area contributed by atoms with E-state index in [1.807, 2.05) is 4.90 Å². The largest absolute Gasteiger partial charge is 0.497 e. The molecule has 0 radical (unpaired) electrons. The van der Waals surface area contributed by atoms with Gasteiger partial charge in [0.15, 0.2) is 0 Å². The number of hydrogen-bond donors (Lipinski definition) is 5. The zero-order valence-corrected chi connectivity index (χ0v) is 44.4. The van der Waals surface area contributed by atoms with Gasteiger partial charge in [-0.25, -0.2) is 23.6 Å². The minimum atomic E-state index is -4.64. The number of carboxylic acid groups (broad SMARTS) is 2. The third-order valence-electron chi connectivity index (χ3n) is 12.2. The van der Waals surface area contributed by atoms with Gasteiger partial charge in [-0.3, -0.25) is 58.3 Å². The molecular weight excluding hydrogens is 1060 g/mol. The molecule has 28 nitrogen and oxygen atoms in total. The van der Waals surface area contributed by atoms with E-state index < -0.39 is 52.6 Å². The van der Waals surface area contributed by atoms with E-state index in [1.54, 1.807) is 71.6 Å². The average molecular weight is 1130 g/mol. The number of aliphatic carboxylic acids is 2. The number of nitrogens with one attached hydrogen (secondary N) is 2. The Morgan fingerprint density at radius 1 is 0.722 bits per heavy atom. The molecular formula is C50H68N8O20S. The first-order valence-electron chi connectivity index (χ1n) is 24.8. The Morgan fingerprint density at radius 3 is 1.89 bits per heavy atom. The molecule has 79 heavy (non-hydrogen) atoms. The highest BCUT2D eigenvalue weighted by Gasteiger charge is 2.38. The van der Waals surface area contributed by atoms with Crippen molar-refractivity contribution in [3.05, 3.63) is 84.4 Å². The summed E-state index contributed by atoms with van der Waals surface area (Å²) in [4.78, 5) is 109. The number of carbonyl (C=O) groups is 8. The highest BCUT2D eigenvalue weighted by molar-refractivity contribution is 7.89. The van der Waals surface area contributed by atoms with E-state index in [1.165, 1.54) is 39.4 Å². The fraction of sp³-hybridized carbons (Fsp3) is 0.480. The number of rotatable bonds is 40. The number of carboxylic acids is 2. The third kappa shape index (κ3) is 22.5. The molecule has 29 heteroatoms. The van der Waals surface area contributed by atoms with Gasteiger partial charge in [-0.1, -0.05) is 59.1 Å². The second-order valence-corrected chi connectivity index (χ2v) is 19.2. The van der Waals surface area contributed by atoms with Crippen LogP contribution in [0.25, 0.3) is 11.1 Å². The quantitative estimate of drug-likeness (QED) is 0.0127. The molecule has 1 heterocycles. The lowest BCUT2D eigenvalue weighted by atomic mass is 10.1. The van der Waals surface area contributed by atoms with Gasteiger partial charge in [-0.05, 0) is 53.8 Å². The normalized spacial score (nSPS) is 13.6. The Labute approximate surface area is 456 Å². The van der Waals surface area contributed by atoms with Gasteiger partial charge < -0.3 is 48.9 Å². The van der Waals surface area contributed by atoms with Crippen LogP contribution in [0.15, 0.2) is 83.8 Å². The number of methoxy groups -OCH3 is 1. The topological polar surface area (TPSA) is 339 Å². The summed E-state index contributed by atoms with van der Waals surface area (Å²) in [6.45, 7) is 0.0114. The number of nitrogens with zero attached hydrogens (tertiary/aromatic N) is 6. The van der Waals surface area contributed by atoms with Crippen LogP contribution in [0.1, 0.15) is 24.8 Å². The van der Waals surface area contributed by atoms with Gasteiger partial charge in [0.25, 0.3) is 35.3 Å². The zero-order valence-electron chi connectivity index (χ0n) is 43.6. The fourth-order valence-electron chi connectivity index (χ4n) is 8.03. The molecule has 4 rings (SSSR count). The molecule has 0 unspecified atom stereocenters. The predicted octanol–water partition coefficient (Wildman–Crippen LogP) is 0.251. The van der Waals surface area contributed by atoms with Crippen molar-refractivity contribution in [1.29, 1.82) is 0 Å². The van der Waals surface area contributed by atoms with Crippen molar-refractivity contribution in [2.45, 2.75) is 42.8 Å². The third-order valence-corrected chi connectivity index (χ3v) is 13.9. The molecule has 0 bridgehead atoms. The van der Waals surface area contributed by atoms with E-state index in [4.69, 9.17) is 33.3 Å². The van der Waals surface area contributed by atoms with Crippen LogP contribution in [0.2, 0.25) is 0 Å². The number of piperazine rings is 1.